The SMILES string of the molecule is NNC(CSC1CCCC1)c1cncnc1. The molecule has 88 valence electrons. The molecular weight excluding hydrogens is 220 g/mol. The normalized spacial score (nSPS) is 18.8. The molecular formula is C11H18N4S. The second-order valence-electron chi connectivity index (χ2n) is 4.13. The van der Waals surface area contributed by atoms with Crippen LogP contribution < -0.4 is 11.3 Å². The molecule has 1 fully saturated rings. The molecule has 1 aliphatic carbocycles. The Kier molecular flexibility index (Phi) is 4.56. The van der Waals surface area contributed by atoms with E-state index in [0.717, 1.165) is 16.6 Å². The Morgan fingerprint density at radius 2 is 2.06 bits per heavy atom. The Hall–Kier alpha value is -0.650. The molecule has 0 radical (unpaired) electrons. The molecule has 1 unspecified atom stereocenters. The van der Waals surface area contributed by atoms with Crippen molar-refractivity contribution in [2.45, 2.75) is 37.0 Å². The summed E-state index contributed by atoms with van der Waals surface area (Å²) in [5.74, 6) is 6.57. The molecule has 0 bridgehead atoms. The molecule has 2 rings (SSSR count). The number of hydrogen-bond acceptors (Lipinski definition) is 5. The van der Waals surface area contributed by atoms with E-state index >= 15 is 0 Å². The second kappa shape index (κ2) is 6.18. The van der Waals surface area contributed by atoms with Crippen LogP contribution in [0.1, 0.15) is 37.3 Å². The van der Waals surface area contributed by atoms with Crippen molar-refractivity contribution in [2.75, 3.05) is 5.75 Å². The molecule has 0 aliphatic heterocycles. The van der Waals surface area contributed by atoms with Crippen molar-refractivity contribution in [3.05, 3.63) is 24.3 Å². The molecule has 3 N–H and O–H groups in total. The van der Waals surface area contributed by atoms with Crippen LogP contribution in [0.15, 0.2) is 18.7 Å². The number of hydrogen-bond donors (Lipinski definition) is 2. The first-order chi connectivity index (χ1) is 7.90. The van der Waals surface area contributed by atoms with Gasteiger partial charge < -0.3 is 0 Å². The Labute approximate surface area is 100 Å². The van der Waals surface area contributed by atoms with E-state index in [4.69, 9.17) is 5.84 Å². The van der Waals surface area contributed by atoms with Crippen LogP contribution in [0, 0.1) is 0 Å². The first-order valence-electron chi connectivity index (χ1n) is 5.73. The van der Waals surface area contributed by atoms with Gasteiger partial charge in [-0.1, -0.05) is 12.8 Å². The van der Waals surface area contributed by atoms with Gasteiger partial charge in [-0.05, 0) is 12.8 Å². The minimum atomic E-state index is 0.159. The zero-order valence-electron chi connectivity index (χ0n) is 9.30. The molecule has 1 atom stereocenters. The highest BCUT2D eigenvalue weighted by Gasteiger charge is 2.18. The van der Waals surface area contributed by atoms with Crippen molar-refractivity contribution in [1.29, 1.82) is 0 Å². The van der Waals surface area contributed by atoms with Crippen LogP contribution in [0.2, 0.25) is 0 Å². The maximum atomic E-state index is 5.57. The predicted molar refractivity (Wildman–Crippen MR) is 66.8 cm³/mol. The number of nitrogens with one attached hydrogen (secondary N) is 1. The van der Waals surface area contributed by atoms with Crippen LogP contribution in [-0.4, -0.2) is 21.0 Å². The summed E-state index contributed by atoms with van der Waals surface area (Å²) in [6, 6.07) is 0.159. The number of nitrogens with zero attached hydrogens (tertiary/aromatic N) is 2. The van der Waals surface area contributed by atoms with Crippen LogP contribution in [0.5, 0.6) is 0 Å². The fourth-order valence-electron chi connectivity index (χ4n) is 2.02. The molecule has 0 aromatic carbocycles. The van der Waals surface area contributed by atoms with Gasteiger partial charge in [0.15, 0.2) is 0 Å². The minimum Gasteiger partial charge on any atom is -0.271 e. The molecule has 16 heavy (non-hydrogen) atoms. The lowest BCUT2D eigenvalue weighted by atomic mass is 10.2. The van der Waals surface area contributed by atoms with Crippen molar-refractivity contribution >= 4 is 11.8 Å². The second-order valence-corrected chi connectivity index (χ2v) is 5.46. The molecule has 1 aromatic heterocycles. The molecule has 1 saturated carbocycles. The van der Waals surface area contributed by atoms with Crippen LogP contribution in [0.3, 0.4) is 0 Å². The summed E-state index contributed by atoms with van der Waals surface area (Å²) < 4.78 is 0. The highest BCUT2D eigenvalue weighted by atomic mass is 32.2. The summed E-state index contributed by atoms with van der Waals surface area (Å²) in [6.45, 7) is 0. The van der Waals surface area contributed by atoms with Crippen LogP contribution in [-0.2, 0) is 0 Å². The third-order valence-corrected chi connectivity index (χ3v) is 4.45. The zero-order chi connectivity index (χ0) is 11.2. The van der Waals surface area contributed by atoms with Gasteiger partial charge in [-0.3, -0.25) is 11.3 Å². The smallest absolute Gasteiger partial charge is 0.115 e. The first-order valence-corrected chi connectivity index (χ1v) is 6.77. The van der Waals surface area contributed by atoms with Gasteiger partial charge in [-0.2, -0.15) is 11.8 Å². The molecule has 0 amide bonds. The maximum Gasteiger partial charge on any atom is 0.115 e. The number of thioether (sulfide) groups is 1. The largest absolute Gasteiger partial charge is 0.271 e. The first kappa shape index (κ1) is 11.8. The molecule has 1 heterocycles. The number of aromatic nitrogens is 2. The van der Waals surface area contributed by atoms with Gasteiger partial charge in [0, 0.05) is 29.0 Å². The summed E-state index contributed by atoms with van der Waals surface area (Å²) in [4.78, 5) is 8.03. The van der Waals surface area contributed by atoms with Gasteiger partial charge in [0.25, 0.3) is 0 Å². The Bertz CT molecular complexity index is 300. The monoisotopic (exact) mass is 238 g/mol. The highest BCUT2D eigenvalue weighted by molar-refractivity contribution is 7.99. The molecule has 4 nitrogen and oxygen atoms in total. The molecule has 5 heteroatoms. The van der Waals surface area contributed by atoms with E-state index in [2.05, 4.69) is 15.4 Å². The highest BCUT2D eigenvalue weighted by Crippen LogP contribution is 2.31. The van der Waals surface area contributed by atoms with Crippen molar-refractivity contribution in [3.63, 3.8) is 0 Å². The Balaban J connectivity index is 1.85. The third-order valence-electron chi connectivity index (χ3n) is 2.98. The van der Waals surface area contributed by atoms with Crippen molar-refractivity contribution < 1.29 is 0 Å². The fourth-order valence-corrected chi connectivity index (χ4v) is 3.44. The molecule has 1 aromatic rings. The third kappa shape index (κ3) is 3.17. The van der Waals surface area contributed by atoms with Gasteiger partial charge in [0.1, 0.15) is 6.33 Å². The van der Waals surface area contributed by atoms with E-state index in [9.17, 15) is 0 Å². The minimum absolute atomic E-state index is 0.159. The fraction of sp³-hybridized carbons (Fsp3) is 0.636. The Morgan fingerprint density at radius 1 is 1.38 bits per heavy atom. The molecule has 1 aliphatic rings. The summed E-state index contributed by atoms with van der Waals surface area (Å²) in [7, 11) is 0. The average Bonchev–Trinajstić information content (AvgIpc) is 2.84. The van der Waals surface area contributed by atoms with Crippen molar-refractivity contribution in [3.8, 4) is 0 Å². The topological polar surface area (TPSA) is 63.8 Å². The standard InChI is InChI=1S/C11H18N4S/c12-15-11(9-5-13-8-14-6-9)7-16-10-3-1-2-4-10/h5-6,8,10-11,15H,1-4,7,12H2. The van der Waals surface area contributed by atoms with Gasteiger partial charge in [0.05, 0.1) is 6.04 Å². The summed E-state index contributed by atoms with van der Waals surface area (Å²) >= 11 is 2.01. The van der Waals surface area contributed by atoms with Crippen molar-refractivity contribution in [2.24, 2.45) is 5.84 Å². The Morgan fingerprint density at radius 3 is 2.69 bits per heavy atom. The lowest BCUT2D eigenvalue weighted by molar-refractivity contribution is 0.605. The summed E-state index contributed by atoms with van der Waals surface area (Å²) in [5, 5.41) is 0.820. The van der Waals surface area contributed by atoms with Gasteiger partial charge >= 0.3 is 0 Å². The molecule has 0 saturated heterocycles. The van der Waals surface area contributed by atoms with Gasteiger partial charge in [-0.15, -0.1) is 0 Å². The van der Waals surface area contributed by atoms with Gasteiger partial charge in [-0.25, -0.2) is 9.97 Å². The van der Waals surface area contributed by atoms with E-state index in [0.29, 0.717) is 0 Å². The van der Waals surface area contributed by atoms with Crippen molar-refractivity contribution in [1.82, 2.24) is 15.4 Å². The number of hydrazine groups is 1. The van der Waals surface area contributed by atoms with E-state index < -0.39 is 0 Å². The summed E-state index contributed by atoms with van der Waals surface area (Å²) in [6.07, 6.45) is 10.7. The zero-order valence-corrected chi connectivity index (χ0v) is 10.1. The van der Waals surface area contributed by atoms with Gasteiger partial charge in [0.2, 0.25) is 0 Å². The average molecular weight is 238 g/mol. The van der Waals surface area contributed by atoms with E-state index in [-0.39, 0.29) is 6.04 Å². The molecule has 0 spiro atoms. The van der Waals surface area contributed by atoms with E-state index in [1.54, 1.807) is 6.33 Å². The predicted octanol–water partition coefficient (Wildman–Crippen LogP) is 1.66. The summed E-state index contributed by atoms with van der Waals surface area (Å²) in [5.41, 5.74) is 3.91. The maximum absolute atomic E-state index is 5.57. The quantitative estimate of drug-likeness (QED) is 0.603. The van der Waals surface area contributed by atoms with E-state index in [1.807, 2.05) is 24.2 Å². The lowest BCUT2D eigenvalue weighted by Crippen LogP contribution is -2.30. The number of rotatable bonds is 5. The van der Waals surface area contributed by atoms with E-state index in [1.165, 1.54) is 25.7 Å². The lowest BCUT2D eigenvalue weighted by Gasteiger charge is -2.17. The van der Waals surface area contributed by atoms with Crippen LogP contribution >= 0.6 is 11.8 Å². The van der Waals surface area contributed by atoms with Crippen LogP contribution in [0.25, 0.3) is 0 Å². The number of nitrogens with two attached hydrogens (primary N) is 1. The van der Waals surface area contributed by atoms with Crippen LogP contribution in [0.4, 0.5) is 0 Å².